The molecule has 2 heterocycles. The third-order valence-corrected chi connectivity index (χ3v) is 5.05. The van der Waals surface area contributed by atoms with E-state index in [0.29, 0.717) is 12.7 Å². The lowest BCUT2D eigenvalue weighted by Gasteiger charge is -2.13. The van der Waals surface area contributed by atoms with Crippen LogP contribution in [0.15, 0.2) is 15.7 Å². The second kappa shape index (κ2) is 3.99. The smallest absolute Gasteiger partial charge is 0.269 e. The first kappa shape index (κ1) is 11.3. The van der Waals surface area contributed by atoms with Crippen molar-refractivity contribution in [1.82, 2.24) is 4.31 Å². The van der Waals surface area contributed by atoms with Crippen LogP contribution in [0.3, 0.4) is 0 Å². The summed E-state index contributed by atoms with van der Waals surface area (Å²) in [6, 6.07) is 0. The molecule has 0 aliphatic carbocycles. The number of carbonyl (C=O) groups is 2. The van der Waals surface area contributed by atoms with Gasteiger partial charge < -0.3 is 4.79 Å². The highest BCUT2D eigenvalue weighted by Gasteiger charge is 2.41. The number of hydrogen-bond donors (Lipinski definition) is 0. The fraction of sp³-hybridized carbons (Fsp3) is 0.333. The second-order valence-electron chi connectivity index (χ2n) is 3.34. The Hall–Kier alpha value is -1.21. The van der Waals surface area contributed by atoms with Gasteiger partial charge >= 0.3 is 0 Å². The topological polar surface area (TPSA) is 71.5 Å². The Balaban J connectivity index is 2.27. The summed E-state index contributed by atoms with van der Waals surface area (Å²) in [4.78, 5) is 22.0. The highest BCUT2D eigenvalue weighted by atomic mass is 32.2. The molecular formula is C9H9NO4S2. The molecule has 0 radical (unpaired) electrons. The van der Waals surface area contributed by atoms with Crippen molar-refractivity contribution < 1.29 is 18.0 Å². The van der Waals surface area contributed by atoms with E-state index in [0.717, 1.165) is 4.31 Å². The predicted molar refractivity (Wildman–Crippen MR) is 57.8 cm³/mol. The van der Waals surface area contributed by atoms with E-state index in [-0.39, 0.29) is 23.4 Å². The average molecular weight is 259 g/mol. The zero-order valence-corrected chi connectivity index (χ0v) is 9.88. The molecule has 0 fully saturated rings. The second-order valence-corrected chi connectivity index (χ2v) is 5.92. The maximum atomic E-state index is 11.9. The molecule has 0 aromatic carbocycles. The molecule has 16 heavy (non-hydrogen) atoms. The highest BCUT2D eigenvalue weighted by Crippen LogP contribution is 2.32. The van der Waals surface area contributed by atoms with Gasteiger partial charge in [0.15, 0.2) is 0 Å². The summed E-state index contributed by atoms with van der Waals surface area (Å²) >= 11 is 1.20. The molecule has 1 amide bonds. The minimum atomic E-state index is -3.65. The van der Waals surface area contributed by atoms with Gasteiger partial charge in [0.25, 0.3) is 15.9 Å². The van der Waals surface area contributed by atoms with Crippen molar-refractivity contribution in [3.8, 4) is 0 Å². The maximum Gasteiger partial charge on any atom is 0.269 e. The Morgan fingerprint density at radius 1 is 1.38 bits per heavy atom. The third kappa shape index (κ3) is 1.56. The van der Waals surface area contributed by atoms with Crippen LogP contribution < -0.4 is 0 Å². The van der Waals surface area contributed by atoms with Crippen molar-refractivity contribution >= 4 is 33.6 Å². The van der Waals surface area contributed by atoms with Crippen molar-refractivity contribution in [2.45, 2.75) is 17.7 Å². The van der Waals surface area contributed by atoms with Crippen LogP contribution >= 0.6 is 11.3 Å². The fourth-order valence-corrected chi connectivity index (χ4v) is 4.30. The van der Waals surface area contributed by atoms with E-state index in [1.165, 1.54) is 22.1 Å². The van der Waals surface area contributed by atoms with Crippen molar-refractivity contribution in [2.24, 2.45) is 0 Å². The van der Waals surface area contributed by atoms with E-state index in [1.807, 2.05) is 0 Å². The Morgan fingerprint density at radius 2 is 2.12 bits per heavy atom. The van der Waals surface area contributed by atoms with Gasteiger partial charge in [-0.05, 0) is 6.42 Å². The monoisotopic (exact) mass is 259 g/mol. The molecule has 0 bridgehead atoms. The van der Waals surface area contributed by atoms with Crippen LogP contribution in [0.2, 0.25) is 0 Å². The summed E-state index contributed by atoms with van der Waals surface area (Å²) < 4.78 is 24.6. The number of aldehydes is 1. The molecule has 7 heteroatoms. The van der Waals surface area contributed by atoms with Crippen molar-refractivity contribution in [3.63, 3.8) is 0 Å². The summed E-state index contributed by atoms with van der Waals surface area (Å²) in [6.45, 7) is 0.0687. The number of carbonyl (C=O) groups excluding carboxylic acids is 2. The van der Waals surface area contributed by atoms with E-state index < -0.39 is 15.9 Å². The summed E-state index contributed by atoms with van der Waals surface area (Å²) in [5.74, 6) is -0.484. The van der Waals surface area contributed by atoms with Crippen LogP contribution in [-0.4, -0.2) is 31.5 Å². The molecule has 0 atom stereocenters. The van der Waals surface area contributed by atoms with Gasteiger partial charge in [0, 0.05) is 23.7 Å². The molecule has 5 nitrogen and oxygen atoms in total. The summed E-state index contributed by atoms with van der Waals surface area (Å²) in [6.07, 6.45) is 1.33. The van der Waals surface area contributed by atoms with Gasteiger partial charge in [-0.2, -0.15) is 11.3 Å². The molecule has 2 rings (SSSR count). The van der Waals surface area contributed by atoms with E-state index in [1.54, 1.807) is 0 Å². The molecular weight excluding hydrogens is 250 g/mol. The Labute approximate surface area is 96.7 Å². The lowest BCUT2D eigenvalue weighted by Crippen LogP contribution is -2.31. The van der Waals surface area contributed by atoms with E-state index >= 15 is 0 Å². The molecule has 0 unspecified atom stereocenters. The molecule has 1 aliphatic heterocycles. The lowest BCUT2D eigenvalue weighted by atomic mass is 10.3. The SMILES string of the molecule is O=CCCCN1C(=O)c2cscc2S1(=O)=O. The van der Waals surface area contributed by atoms with Crippen LogP contribution in [0.25, 0.3) is 0 Å². The summed E-state index contributed by atoms with van der Waals surface area (Å²) in [7, 11) is -3.65. The summed E-state index contributed by atoms with van der Waals surface area (Å²) in [5.41, 5.74) is 0.246. The Bertz CT molecular complexity index is 531. The fourth-order valence-electron chi connectivity index (χ4n) is 1.54. The Kier molecular flexibility index (Phi) is 2.81. The van der Waals surface area contributed by atoms with E-state index in [9.17, 15) is 18.0 Å². The first-order valence-electron chi connectivity index (χ1n) is 4.66. The molecule has 86 valence electrons. The van der Waals surface area contributed by atoms with Gasteiger partial charge in [-0.3, -0.25) is 4.79 Å². The quantitative estimate of drug-likeness (QED) is 0.594. The van der Waals surface area contributed by atoms with E-state index in [4.69, 9.17) is 0 Å². The van der Waals surface area contributed by atoms with Crippen LogP contribution in [0, 0.1) is 0 Å². The van der Waals surface area contributed by atoms with Gasteiger partial charge in [-0.15, -0.1) is 0 Å². The van der Waals surface area contributed by atoms with Crippen molar-refractivity contribution in [2.75, 3.05) is 6.54 Å². The first-order chi connectivity index (χ1) is 7.59. The van der Waals surface area contributed by atoms with Gasteiger partial charge in [0.05, 0.1) is 5.56 Å². The number of unbranched alkanes of at least 4 members (excludes halogenated alkanes) is 1. The largest absolute Gasteiger partial charge is 0.303 e. The number of sulfonamides is 1. The van der Waals surface area contributed by atoms with Crippen LogP contribution in [0.1, 0.15) is 23.2 Å². The Morgan fingerprint density at radius 3 is 2.75 bits per heavy atom. The number of fused-ring (bicyclic) bond motifs is 1. The lowest BCUT2D eigenvalue weighted by molar-refractivity contribution is -0.107. The standard InChI is InChI=1S/C9H9NO4S2/c11-4-2-1-3-10-9(12)7-5-15-6-8(7)16(10,13)14/h4-6H,1-3H2. The highest BCUT2D eigenvalue weighted by molar-refractivity contribution is 7.90. The van der Waals surface area contributed by atoms with E-state index in [2.05, 4.69) is 0 Å². The molecule has 1 aromatic heterocycles. The molecule has 0 spiro atoms. The van der Waals surface area contributed by atoms with Crippen LogP contribution in [-0.2, 0) is 14.8 Å². The zero-order valence-electron chi connectivity index (χ0n) is 8.25. The van der Waals surface area contributed by atoms with Gasteiger partial charge in [0.2, 0.25) is 0 Å². The number of hydrogen-bond acceptors (Lipinski definition) is 5. The maximum absolute atomic E-state index is 11.9. The molecule has 1 aromatic rings. The normalized spacial score (nSPS) is 17.5. The van der Waals surface area contributed by atoms with Gasteiger partial charge in [-0.1, -0.05) is 0 Å². The minimum absolute atomic E-state index is 0.0687. The third-order valence-electron chi connectivity index (χ3n) is 2.33. The molecule has 0 N–H and O–H groups in total. The number of thiophene rings is 1. The average Bonchev–Trinajstić information content (AvgIpc) is 2.77. The molecule has 1 aliphatic rings. The zero-order chi connectivity index (χ0) is 11.8. The number of rotatable bonds is 4. The van der Waals surface area contributed by atoms with Gasteiger partial charge in [-0.25, -0.2) is 12.7 Å². The minimum Gasteiger partial charge on any atom is -0.303 e. The van der Waals surface area contributed by atoms with Gasteiger partial charge in [0.1, 0.15) is 11.2 Å². The molecule has 0 saturated heterocycles. The molecule has 0 saturated carbocycles. The van der Waals surface area contributed by atoms with Crippen LogP contribution in [0.4, 0.5) is 0 Å². The first-order valence-corrected chi connectivity index (χ1v) is 7.04. The number of nitrogens with zero attached hydrogens (tertiary/aromatic N) is 1. The summed E-state index contributed by atoms with van der Waals surface area (Å²) in [5, 5.41) is 3.00. The van der Waals surface area contributed by atoms with Crippen molar-refractivity contribution in [3.05, 3.63) is 16.3 Å². The van der Waals surface area contributed by atoms with Crippen molar-refractivity contribution in [1.29, 1.82) is 0 Å². The van der Waals surface area contributed by atoms with Crippen LogP contribution in [0.5, 0.6) is 0 Å². The predicted octanol–water partition coefficient (Wildman–Crippen LogP) is 0.872. The number of amides is 1.